The van der Waals surface area contributed by atoms with E-state index in [1.54, 1.807) is 0 Å². The summed E-state index contributed by atoms with van der Waals surface area (Å²) < 4.78 is 55.6. The number of aliphatic hydroxyl groups excluding tert-OH is 2. The van der Waals surface area contributed by atoms with E-state index in [2.05, 4.69) is 14.8 Å². The number of aliphatic carboxylic acids is 2. The first-order chi connectivity index (χ1) is 18.6. The highest BCUT2D eigenvalue weighted by molar-refractivity contribution is 6.31. The van der Waals surface area contributed by atoms with E-state index in [9.17, 15) is 42.2 Å². The molecule has 2 aromatic carbocycles. The highest BCUT2D eigenvalue weighted by Gasteiger charge is 2.19. The third-order valence-corrected chi connectivity index (χ3v) is 5.17. The van der Waals surface area contributed by atoms with Gasteiger partial charge in [-0.3, -0.25) is 4.79 Å². The minimum Gasteiger partial charge on any atom is -0.547 e. The zero-order valence-electron chi connectivity index (χ0n) is 20.1. The summed E-state index contributed by atoms with van der Waals surface area (Å²) in [4.78, 5) is 31.2. The molecule has 3 rings (SSSR count). The Bertz CT molecular complexity index is 1080. The Balaban J connectivity index is 0.000000317. The van der Waals surface area contributed by atoms with Crippen LogP contribution in [0, 0.1) is 0 Å². The number of halogens is 6. The second kappa shape index (κ2) is 16.7. The van der Waals surface area contributed by atoms with Crippen LogP contribution in [0.15, 0.2) is 36.4 Å². The first-order valence-electron chi connectivity index (χ1n) is 10.9. The number of ether oxygens (including phenoxy) is 2. The van der Waals surface area contributed by atoms with Crippen molar-refractivity contribution < 1.29 is 61.8 Å². The van der Waals surface area contributed by atoms with Crippen LogP contribution in [0.1, 0.15) is 36.2 Å². The molecule has 17 heteroatoms. The first kappa shape index (κ1) is 34.7. The van der Waals surface area contributed by atoms with Crippen LogP contribution in [0.3, 0.4) is 0 Å². The van der Waals surface area contributed by atoms with Gasteiger partial charge in [0.15, 0.2) is 6.10 Å². The lowest BCUT2D eigenvalue weighted by atomic mass is 10.1. The van der Waals surface area contributed by atoms with E-state index in [1.807, 2.05) is 0 Å². The van der Waals surface area contributed by atoms with Crippen molar-refractivity contribution in [1.29, 1.82) is 0 Å². The number of carboxylic acid groups (broad SMARTS) is 2. The Morgan fingerprint density at radius 3 is 1.65 bits per heavy atom. The van der Waals surface area contributed by atoms with Crippen LogP contribution in [0.4, 0.5) is 17.6 Å². The van der Waals surface area contributed by atoms with Crippen molar-refractivity contribution in [1.82, 2.24) is 5.32 Å². The van der Waals surface area contributed by atoms with Crippen LogP contribution in [-0.4, -0.2) is 59.0 Å². The van der Waals surface area contributed by atoms with Crippen LogP contribution in [0.5, 0.6) is 11.5 Å². The summed E-state index contributed by atoms with van der Waals surface area (Å²) >= 11 is 11.1. The van der Waals surface area contributed by atoms with E-state index < -0.39 is 37.4 Å². The summed E-state index contributed by atoms with van der Waals surface area (Å²) in [5, 5.41) is 40.1. The number of carbonyl (C=O) groups excluding carboxylic acids is 2. The van der Waals surface area contributed by atoms with Crippen LogP contribution >= 0.6 is 23.2 Å². The summed E-state index contributed by atoms with van der Waals surface area (Å²) in [7, 11) is 0. The van der Waals surface area contributed by atoms with Crippen molar-refractivity contribution >= 4 is 41.0 Å². The zero-order chi connectivity index (χ0) is 30.6. The molecule has 40 heavy (non-hydrogen) atoms. The maximum atomic E-state index is 11.9. The predicted molar refractivity (Wildman–Crippen MR) is 129 cm³/mol. The van der Waals surface area contributed by atoms with Crippen LogP contribution in [-0.2, 0) is 14.4 Å². The number of rotatable bonds is 9. The van der Waals surface area contributed by atoms with Crippen molar-refractivity contribution in [2.75, 3.05) is 6.54 Å². The second-order valence-electron chi connectivity index (χ2n) is 7.71. The molecule has 0 aromatic heterocycles. The van der Waals surface area contributed by atoms with Gasteiger partial charge in [-0.25, -0.2) is 4.79 Å². The Hall–Kier alpha value is -3.37. The Labute approximate surface area is 234 Å². The van der Waals surface area contributed by atoms with E-state index in [0.717, 1.165) is 55.8 Å². The molecular weight excluding hydrogens is 595 g/mol. The number of nitrogens with one attached hydrogen (secondary N) is 1. The smallest absolute Gasteiger partial charge is 0.387 e. The van der Waals surface area contributed by atoms with E-state index in [4.69, 9.17) is 39.1 Å². The number of benzene rings is 2. The molecule has 1 aliphatic rings. The van der Waals surface area contributed by atoms with Crippen molar-refractivity contribution in [2.24, 2.45) is 5.73 Å². The predicted octanol–water partition coefficient (Wildman–Crippen LogP) is 2.01. The van der Waals surface area contributed by atoms with Gasteiger partial charge in [0.25, 0.3) is 0 Å². The third-order valence-electron chi connectivity index (χ3n) is 4.73. The molecule has 222 valence electrons. The molecular formula is C23H23Cl2F4N2O9-. The normalized spacial score (nSPS) is 15.7. The van der Waals surface area contributed by atoms with Crippen molar-refractivity contribution in [3.05, 3.63) is 57.6 Å². The number of carbonyl (C=O) groups is 3. The molecule has 2 aromatic rings. The second-order valence-corrected chi connectivity index (χ2v) is 8.58. The van der Waals surface area contributed by atoms with Gasteiger partial charge in [-0.1, -0.05) is 23.2 Å². The molecule has 1 unspecified atom stereocenters. The molecule has 0 aliphatic carbocycles. The monoisotopic (exact) mass is 617 g/mol. The maximum absolute atomic E-state index is 11.9. The van der Waals surface area contributed by atoms with Crippen molar-refractivity contribution in [3.8, 4) is 11.5 Å². The summed E-state index contributed by atoms with van der Waals surface area (Å²) in [6, 6.07) is 6.30. The Morgan fingerprint density at radius 1 is 0.900 bits per heavy atom. The highest BCUT2D eigenvalue weighted by atomic mass is 35.5. The van der Waals surface area contributed by atoms with E-state index in [-0.39, 0.29) is 44.6 Å². The number of hydrogen-bond acceptors (Lipinski definition) is 9. The van der Waals surface area contributed by atoms with Crippen LogP contribution in [0.2, 0.25) is 10.0 Å². The quantitative estimate of drug-likeness (QED) is 0.260. The fraction of sp³-hybridized carbons (Fsp3) is 0.348. The van der Waals surface area contributed by atoms with Gasteiger partial charge in [-0.05, 0) is 66.9 Å². The van der Waals surface area contributed by atoms with E-state index >= 15 is 0 Å². The molecule has 0 spiro atoms. The number of hydrogen-bond donors (Lipinski definition) is 5. The van der Waals surface area contributed by atoms with Crippen molar-refractivity contribution in [2.45, 2.75) is 44.3 Å². The molecule has 1 heterocycles. The summed E-state index contributed by atoms with van der Waals surface area (Å²) in [5.74, 6) is -4.13. The van der Waals surface area contributed by atoms with Crippen LogP contribution in [0.25, 0.3) is 0 Å². The topological polar surface area (TPSA) is 191 Å². The number of nitrogens with two attached hydrogens (primary N) is 1. The SMILES string of the molecule is NC(=O)[C@H]1CCCN1.O=C(O)C(O)c1cc(Cl)cc(OC(F)F)c1.O=C([O-])[C@H](O)c1cc(Cl)cc(OC(F)F)c1. The first-order valence-corrected chi connectivity index (χ1v) is 11.7. The lowest BCUT2D eigenvalue weighted by molar-refractivity contribution is -0.315. The number of carboxylic acids is 2. The van der Waals surface area contributed by atoms with Gasteiger partial charge in [-0.2, -0.15) is 17.6 Å². The van der Waals surface area contributed by atoms with Gasteiger partial charge >= 0.3 is 19.2 Å². The van der Waals surface area contributed by atoms with Crippen molar-refractivity contribution in [3.63, 3.8) is 0 Å². The number of alkyl halides is 4. The van der Waals surface area contributed by atoms with Gasteiger partial charge in [0.2, 0.25) is 5.91 Å². The molecule has 0 saturated carbocycles. The van der Waals surface area contributed by atoms with Gasteiger partial charge in [-0.15, -0.1) is 0 Å². The number of primary amides is 1. The molecule has 1 amide bonds. The number of aliphatic hydroxyl groups is 2. The summed E-state index contributed by atoms with van der Waals surface area (Å²) in [6.07, 6.45) is -1.79. The van der Waals surface area contributed by atoms with Gasteiger partial charge in [0.05, 0.1) is 12.0 Å². The average molecular weight is 618 g/mol. The maximum Gasteiger partial charge on any atom is 0.387 e. The number of amides is 1. The lowest BCUT2D eigenvalue weighted by Crippen LogP contribution is -2.36. The highest BCUT2D eigenvalue weighted by Crippen LogP contribution is 2.27. The molecule has 1 aliphatic heterocycles. The molecule has 0 radical (unpaired) electrons. The minimum absolute atomic E-state index is 0.00606. The fourth-order valence-electron chi connectivity index (χ4n) is 3.03. The largest absolute Gasteiger partial charge is 0.547 e. The molecule has 0 bridgehead atoms. The van der Waals surface area contributed by atoms with Gasteiger partial charge in [0, 0.05) is 10.0 Å². The molecule has 6 N–H and O–H groups in total. The third kappa shape index (κ3) is 12.7. The average Bonchev–Trinajstić information content (AvgIpc) is 3.38. The molecule has 11 nitrogen and oxygen atoms in total. The molecule has 3 atom stereocenters. The Morgan fingerprint density at radius 2 is 1.35 bits per heavy atom. The zero-order valence-corrected chi connectivity index (χ0v) is 21.6. The standard InChI is InChI=1S/2C9H7ClF2O4.C5H10N2O/c2*10-5-1-4(7(13)8(14)15)2-6(3-5)16-9(11)12;6-5(8)4-2-1-3-7-4/h2*1-3,7,9,13H,(H,14,15);4,7H,1-3H2,(H2,6,8)/p-1/t7-;;4-/m1.1/s1. The lowest BCUT2D eigenvalue weighted by Gasteiger charge is -2.13. The van der Waals surface area contributed by atoms with E-state index in [0.29, 0.717) is 0 Å². The summed E-state index contributed by atoms with van der Waals surface area (Å²) in [6.45, 7) is -5.17. The molecule has 1 saturated heterocycles. The Kier molecular flexibility index (Phi) is 14.4. The van der Waals surface area contributed by atoms with Gasteiger partial charge in [0.1, 0.15) is 17.6 Å². The van der Waals surface area contributed by atoms with E-state index in [1.165, 1.54) is 0 Å². The minimum atomic E-state index is -3.06. The summed E-state index contributed by atoms with van der Waals surface area (Å²) in [5.41, 5.74) is 4.68. The fourth-order valence-corrected chi connectivity index (χ4v) is 3.50. The van der Waals surface area contributed by atoms with Gasteiger partial charge < -0.3 is 45.7 Å². The van der Waals surface area contributed by atoms with Crippen LogP contribution < -0.4 is 25.6 Å². The molecule has 1 fully saturated rings.